The molecular formula is C16H24KN3O3. The van der Waals surface area contributed by atoms with Crippen molar-refractivity contribution in [3.63, 3.8) is 0 Å². The number of fused-ring (bicyclic) bond motifs is 1. The summed E-state index contributed by atoms with van der Waals surface area (Å²) in [7, 11) is 0. The Bertz CT molecular complexity index is 528. The molecule has 0 radical (unpaired) electrons. The van der Waals surface area contributed by atoms with E-state index in [9.17, 15) is 15.0 Å². The first kappa shape index (κ1) is 19.6. The second-order valence-electron chi connectivity index (χ2n) is 6.72. The largest absolute Gasteiger partial charge is 1.00 e. The number of nitrogens with zero attached hydrogens (tertiary/aromatic N) is 2. The number of rotatable bonds is 6. The third kappa shape index (κ3) is 4.45. The van der Waals surface area contributed by atoms with Crippen molar-refractivity contribution in [1.29, 1.82) is 0 Å². The zero-order valence-corrected chi connectivity index (χ0v) is 17.0. The molecule has 0 spiro atoms. The van der Waals surface area contributed by atoms with Crippen LogP contribution in [0.3, 0.4) is 0 Å². The standard InChI is InChI=1S/C16H25N3O3.K/c20-12(10-16(15(21)22)6-1-2-7-16)11-17-13-4-3-9-19-14(13)5-8-18-19;/h5,8,12-13,17,20H,1-4,6-7,9-11H2,(H,21,22);/q;+1/p-1. The van der Waals surface area contributed by atoms with Crippen molar-refractivity contribution in [2.75, 3.05) is 6.54 Å². The molecule has 1 aromatic heterocycles. The molecular weight excluding hydrogens is 321 g/mol. The van der Waals surface area contributed by atoms with Gasteiger partial charge in [-0.05, 0) is 38.2 Å². The zero-order valence-electron chi connectivity index (χ0n) is 13.8. The number of carbonyl (C=O) groups is 1. The SMILES string of the molecule is O=C([O-])C1(CC(O)CNC2CCCn3nccc32)CCCC1.[K+]. The molecule has 1 fully saturated rings. The van der Waals surface area contributed by atoms with E-state index in [-0.39, 0.29) is 63.8 Å². The Morgan fingerprint density at radius 3 is 2.91 bits per heavy atom. The number of nitrogens with one attached hydrogen (secondary N) is 1. The van der Waals surface area contributed by atoms with Gasteiger partial charge in [-0.15, -0.1) is 0 Å². The molecule has 0 saturated heterocycles. The monoisotopic (exact) mass is 345 g/mol. The predicted octanol–water partition coefficient (Wildman–Crippen LogP) is -2.63. The molecule has 2 atom stereocenters. The predicted molar refractivity (Wildman–Crippen MR) is 78.7 cm³/mol. The fourth-order valence-corrected chi connectivity index (χ4v) is 3.97. The van der Waals surface area contributed by atoms with Crippen LogP contribution in [0.5, 0.6) is 0 Å². The Balaban J connectivity index is 0.00000192. The summed E-state index contributed by atoms with van der Waals surface area (Å²) in [6, 6.07) is 2.19. The molecule has 122 valence electrons. The molecule has 3 rings (SSSR count). The Kier molecular flexibility index (Phi) is 7.28. The topological polar surface area (TPSA) is 90.2 Å². The van der Waals surface area contributed by atoms with Crippen LogP contribution < -0.4 is 61.8 Å². The first-order chi connectivity index (χ1) is 10.6. The Morgan fingerprint density at radius 2 is 2.22 bits per heavy atom. The van der Waals surface area contributed by atoms with E-state index in [1.165, 1.54) is 0 Å². The van der Waals surface area contributed by atoms with Gasteiger partial charge in [0.25, 0.3) is 0 Å². The molecule has 2 heterocycles. The zero-order chi connectivity index (χ0) is 15.6. The third-order valence-electron chi connectivity index (χ3n) is 5.19. The summed E-state index contributed by atoms with van der Waals surface area (Å²) >= 11 is 0. The maximum Gasteiger partial charge on any atom is 1.00 e. The van der Waals surface area contributed by atoms with Crippen LogP contribution in [0.2, 0.25) is 0 Å². The van der Waals surface area contributed by atoms with Gasteiger partial charge in [0.1, 0.15) is 0 Å². The first-order valence-electron chi connectivity index (χ1n) is 8.25. The van der Waals surface area contributed by atoms with Crippen molar-refractivity contribution in [2.45, 2.75) is 63.6 Å². The van der Waals surface area contributed by atoms with Gasteiger partial charge in [-0.2, -0.15) is 5.10 Å². The number of carboxylic acids is 1. The molecule has 7 heteroatoms. The number of aliphatic hydroxyl groups is 1. The molecule has 1 saturated carbocycles. The number of aryl methyl sites for hydroxylation is 1. The van der Waals surface area contributed by atoms with Crippen molar-refractivity contribution in [3.8, 4) is 0 Å². The smallest absolute Gasteiger partial charge is 0.550 e. The average molecular weight is 345 g/mol. The van der Waals surface area contributed by atoms with Crippen LogP contribution in [-0.2, 0) is 11.3 Å². The number of aliphatic carboxylic acids is 1. The Hall–Kier alpha value is 0.236. The molecule has 0 amide bonds. The van der Waals surface area contributed by atoms with Gasteiger partial charge in [-0.25, -0.2) is 0 Å². The Labute approximate surface area is 179 Å². The van der Waals surface area contributed by atoms with E-state index >= 15 is 0 Å². The molecule has 2 N–H and O–H groups in total. The summed E-state index contributed by atoms with van der Waals surface area (Å²) in [5, 5.41) is 29.4. The Morgan fingerprint density at radius 1 is 1.48 bits per heavy atom. The van der Waals surface area contributed by atoms with Crippen molar-refractivity contribution < 1.29 is 66.4 Å². The van der Waals surface area contributed by atoms with E-state index < -0.39 is 17.5 Å². The van der Waals surface area contributed by atoms with Crippen LogP contribution in [0.4, 0.5) is 0 Å². The van der Waals surface area contributed by atoms with Gasteiger partial charge in [0.2, 0.25) is 0 Å². The molecule has 0 bridgehead atoms. The number of hydrogen-bond acceptors (Lipinski definition) is 5. The summed E-state index contributed by atoms with van der Waals surface area (Å²) in [6.07, 6.45) is 6.59. The fraction of sp³-hybridized carbons (Fsp3) is 0.750. The molecule has 2 unspecified atom stereocenters. The molecule has 1 aromatic rings. The van der Waals surface area contributed by atoms with E-state index in [1.807, 2.05) is 10.7 Å². The minimum Gasteiger partial charge on any atom is -0.550 e. The maximum atomic E-state index is 11.4. The quantitative estimate of drug-likeness (QED) is 0.551. The summed E-state index contributed by atoms with van der Waals surface area (Å²) in [4.78, 5) is 11.4. The first-order valence-corrected chi connectivity index (χ1v) is 8.25. The number of aliphatic hydroxyl groups excluding tert-OH is 1. The van der Waals surface area contributed by atoms with Crippen LogP contribution in [0, 0.1) is 5.41 Å². The summed E-state index contributed by atoms with van der Waals surface area (Å²) in [5.41, 5.74) is 0.323. The van der Waals surface area contributed by atoms with Gasteiger partial charge in [-0.3, -0.25) is 4.68 Å². The van der Waals surface area contributed by atoms with E-state index in [4.69, 9.17) is 0 Å². The van der Waals surface area contributed by atoms with Gasteiger partial charge in [0, 0.05) is 36.7 Å². The number of hydrogen-bond donors (Lipinski definition) is 2. The van der Waals surface area contributed by atoms with E-state index in [1.54, 1.807) is 6.20 Å². The van der Waals surface area contributed by atoms with E-state index in [0.717, 1.165) is 37.9 Å². The van der Waals surface area contributed by atoms with Crippen LogP contribution in [-0.4, -0.2) is 33.5 Å². The fourth-order valence-electron chi connectivity index (χ4n) is 3.97. The summed E-state index contributed by atoms with van der Waals surface area (Å²) in [6.45, 7) is 1.35. The molecule has 2 aliphatic rings. The molecule has 23 heavy (non-hydrogen) atoms. The molecule has 0 aromatic carbocycles. The number of carbonyl (C=O) groups excluding carboxylic acids is 1. The van der Waals surface area contributed by atoms with Gasteiger partial charge in [-0.1, -0.05) is 12.8 Å². The van der Waals surface area contributed by atoms with Gasteiger partial charge < -0.3 is 20.3 Å². The summed E-state index contributed by atoms with van der Waals surface area (Å²) in [5.74, 6) is -1.00. The third-order valence-corrected chi connectivity index (χ3v) is 5.19. The van der Waals surface area contributed by atoms with Gasteiger partial charge in [0.05, 0.1) is 11.8 Å². The second kappa shape index (κ2) is 8.56. The van der Waals surface area contributed by atoms with Crippen LogP contribution >= 0.6 is 0 Å². The maximum absolute atomic E-state index is 11.4. The minimum absolute atomic E-state index is 0. The van der Waals surface area contributed by atoms with Crippen LogP contribution in [0.25, 0.3) is 0 Å². The minimum atomic E-state index is -1.00. The second-order valence-corrected chi connectivity index (χ2v) is 6.72. The van der Waals surface area contributed by atoms with Gasteiger partial charge >= 0.3 is 51.4 Å². The van der Waals surface area contributed by atoms with Gasteiger partial charge in [0.15, 0.2) is 0 Å². The molecule has 6 nitrogen and oxygen atoms in total. The van der Waals surface area contributed by atoms with Crippen molar-refractivity contribution in [3.05, 3.63) is 18.0 Å². The van der Waals surface area contributed by atoms with E-state index in [0.29, 0.717) is 19.4 Å². The van der Waals surface area contributed by atoms with E-state index in [2.05, 4.69) is 10.4 Å². The van der Waals surface area contributed by atoms with Crippen LogP contribution in [0.15, 0.2) is 12.3 Å². The number of carboxylic acid groups (broad SMARTS) is 1. The van der Waals surface area contributed by atoms with Crippen LogP contribution in [0.1, 0.15) is 56.7 Å². The average Bonchev–Trinajstić information content (AvgIpc) is 3.14. The summed E-state index contributed by atoms with van der Waals surface area (Å²) < 4.78 is 1.99. The number of aromatic nitrogens is 2. The van der Waals surface area contributed by atoms with Crippen molar-refractivity contribution in [2.24, 2.45) is 5.41 Å². The van der Waals surface area contributed by atoms with Crippen molar-refractivity contribution >= 4 is 5.97 Å². The molecule has 1 aliphatic carbocycles. The normalized spacial score (nSPS) is 23.8. The molecule has 1 aliphatic heterocycles. The van der Waals surface area contributed by atoms with Crippen molar-refractivity contribution in [1.82, 2.24) is 15.1 Å².